The van der Waals surface area contributed by atoms with E-state index in [4.69, 9.17) is 0 Å². The van der Waals surface area contributed by atoms with Crippen LogP contribution >= 0.6 is 0 Å². The van der Waals surface area contributed by atoms with Gasteiger partial charge in [0.1, 0.15) is 0 Å². The lowest BCUT2D eigenvalue weighted by molar-refractivity contribution is 0.140. The van der Waals surface area contributed by atoms with Crippen molar-refractivity contribution in [3.05, 3.63) is 5.82 Å². The van der Waals surface area contributed by atoms with E-state index in [9.17, 15) is 0 Å². The second kappa shape index (κ2) is 5.36. The Bertz CT molecular complexity index is 321. The lowest BCUT2D eigenvalue weighted by Gasteiger charge is -2.35. The molecule has 1 aliphatic heterocycles. The van der Waals surface area contributed by atoms with Gasteiger partial charge in [0.05, 0.1) is 13.6 Å². The average molecular weight is 224 g/mol. The summed E-state index contributed by atoms with van der Waals surface area (Å²) >= 11 is 0. The minimum absolute atomic E-state index is 0.613. The maximum absolute atomic E-state index is 4.23. The first-order valence-electron chi connectivity index (χ1n) is 5.97. The van der Waals surface area contributed by atoms with E-state index in [1.54, 1.807) is 7.05 Å². The maximum Gasteiger partial charge on any atom is 0.188 e. The van der Waals surface area contributed by atoms with Gasteiger partial charge in [0.15, 0.2) is 5.82 Å². The Kier molecular flexibility index (Phi) is 3.84. The van der Waals surface area contributed by atoms with E-state index in [2.05, 4.69) is 32.6 Å². The molecular weight excluding hydrogens is 204 g/mol. The number of tetrazole rings is 1. The first-order valence-corrected chi connectivity index (χ1v) is 5.97. The number of hydrogen-bond donors (Lipinski definition) is 1. The molecule has 90 valence electrons. The van der Waals surface area contributed by atoms with E-state index < -0.39 is 0 Å². The SMILES string of the molecule is CCCC1CNCCN1Cc1nnn(C)n1. The van der Waals surface area contributed by atoms with Crippen molar-refractivity contribution in [1.29, 1.82) is 0 Å². The number of hydrogen-bond acceptors (Lipinski definition) is 5. The van der Waals surface area contributed by atoms with Crippen molar-refractivity contribution in [3.63, 3.8) is 0 Å². The van der Waals surface area contributed by atoms with E-state index in [0.29, 0.717) is 6.04 Å². The number of aromatic nitrogens is 4. The van der Waals surface area contributed by atoms with Gasteiger partial charge in [0.25, 0.3) is 0 Å². The molecule has 0 aliphatic carbocycles. The van der Waals surface area contributed by atoms with Gasteiger partial charge >= 0.3 is 0 Å². The monoisotopic (exact) mass is 224 g/mol. The fraction of sp³-hybridized carbons (Fsp3) is 0.900. The number of piperazine rings is 1. The minimum atomic E-state index is 0.613. The quantitative estimate of drug-likeness (QED) is 0.766. The van der Waals surface area contributed by atoms with Crippen LogP contribution in [0.4, 0.5) is 0 Å². The van der Waals surface area contributed by atoms with Crippen LogP contribution in [0.5, 0.6) is 0 Å². The molecule has 6 nitrogen and oxygen atoms in total. The molecule has 1 aromatic rings. The van der Waals surface area contributed by atoms with Gasteiger partial charge in [-0.15, -0.1) is 10.2 Å². The molecule has 1 saturated heterocycles. The third-order valence-electron chi connectivity index (χ3n) is 2.99. The Morgan fingerprint density at radius 2 is 2.38 bits per heavy atom. The highest BCUT2D eigenvalue weighted by atomic mass is 15.6. The van der Waals surface area contributed by atoms with Gasteiger partial charge in [0.2, 0.25) is 0 Å². The van der Waals surface area contributed by atoms with Crippen LogP contribution in [0.25, 0.3) is 0 Å². The minimum Gasteiger partial charge on any atom is -0.314 e. The fourth-order valence-electron chi connectivity index (χ4n) is 2.20. The molecule has 1 aliphatic rings. The molecule has 1 N–H and O–H groups in total. The summed E-state index contributed by atoms with van der Waals surface area (Å²) in [4.78, 5) is 3.98. The second-order valence-corrected chi connectivity index (χ2v) is 4.31. The fourth-order valence-corrected chi connectivity index (χ4v) is 2.20. The topological polar surface area (TPSA) is 58.9 Å². The van der Waals surface area contributed by atoms with E-state index in [-0.39, 0.29) is 0 Å². The zero-order valence-electron chi connectivity index (χ0n) is 10.1. The largest absolute Gasteiger partial charge is 0.314 e. The summed E-state index contributed by atoms with van der Waals surface area (Å²) in [6.45, 7) is 6.26. The lowest BCUT2D eigenvalue weighted by Crippen LogP contribution is -2.50. The van der Waals surface area contributed by atoms with Gasteiger partial charge < -0.3 is 5.32 Å². The molecule has 2 rings (SSSR count). The van der Waals surface area contributed by atoms with Crippen LogP contribution < -0.4 is 5.32 Å². The maximum atomic E-state index is 4.23. The predicted octanol–water partition coefficient (Wildman–Crippen LogP) is -0.216. The Labute approximate surface area is 96.0 Å². The summed E-state index contributed by atoms with van der Waals surface area (Å²) in [6.07, 6.45) is 2.45. The van der Waals surface area contributed by atoms with Crippen LogP contribution in [-0.4, -0.2) is 50.8 Å². The highest BCUT2D eigenvalue weighted by molar-refractivity contribution is 4.85. The summed E-state index contributed by atoms with van der Waals surface area (Å²) in [5.41, 5.74) is 0. The van der Waals surface area contributed by atoms with Crippen molar-refractivity contribution in [1.82, 2.24) is 30.4 Å². The molecule has 0 radical (unpaired) electrons. The molecule has 1 fully saturated rings. The van der Waals surface area contributed by atoms with Crippen molar-refractivity contribution in [3.8, 4) is 0 Å². The Hall–Kier alpha value is -1.01. The van der Waals surface area contributed by atoms with Gasteiger partial charge in [-0.1, -0.05) is 13.3 Å². The lowest BCUT2D eigenvalue weighted by atomic mass is 10.1. The summed E-state index contributed by atoms with van der Waals surface area (Å²) in [6, 6.07) is 0.613. The van der Waals surface area contributed by atoms with Gasteiger partial charge in [-0.2, -0.15) is 4.80 Å². The van der Waals surface area contributed by atoms with Crippen molar-refractivity contribution in [2.45, 2.75) is 32.4 Å². The van der Waals surface area contributed by atoms with E-state index in [1.165, 1.54) is 17.6 Å². The molecule has 0 bridgehead atoms. The van der Waals surface area contributed by atoms with Crippen molar-refractivity contribution in [2.75, 3.05) is 19.6 Å². The third-order valence-corrected chi connectivity index (χ3v) is 2.99. The van der Waals surface area contributed by atoms with Gasteiger partial charge in [0, 0.05) is 25.7 Å². The van der Waals surface area contributed by atoms with Crippen LogP contribution in [0.3, 0.4) is 0 Å². The summed E-state index contributed by atoms with van der Waals surface area (Å²) < 4.78 is 0. The smallest absolute Gasteiger partial charge is 0.188 e. The molecule has 0 spiro atoms. The van der Waals surface area contributed by atoms with Crippen molar-refractivity contribution < 1.29 is 0 Å². The summed E-state index contributed by atoms with van der Waals surface area (Å²) in [5, 5.41) is 15.6. The van der Waals surface area contributed by atoms with Crippen LogP contribution in [0.1, 0.15) is 25.6 Å². The zero-order chi connectivity index (χ0) is 11.4. The molecule has 0 amide bonds. The van der Waals surface area contributed by atoms with E-state index in [1.807, 2.05) is 0 Å². The number of nitrogens with one attached hydrogen (secondary N) is 1. The number of rotatable bonds is 4. The van der Waals surface area contributed by atoms with Crippen LogP contribution in [0, 0.1) is 0 Å². The molecular formula is C10H20N6. The average Bonchev–Trinajstić information content (AvgIpc) is 2.67. The highest BCUT2D eigenvalue weighted by Crippen LogP contribution is 2.11. The second-order valence-electron chi connectivity index (χ2n) is 4.31. The first-order chi connectivity index (χ1) is 7.79. The number of aryl methyl sites for hydroxylation is 1. The van der Waals surface area contributed by atoms with Gasteiger partial charge in [-0.3, -0.25) is 4.90 Å². The molecule has 1 unspecified atom stereocenters. The Morgan fingerprint density at radius 3 is 3.06 bits per heavy atom. The molecule has 2 heterocycles. The summed E-state index contributed by atoms with van der Waals surface area (Å²) in [5.74, 6) is 0.825. The molecule has 0 saturated carbocycles. The normalized spacial score (nSPS) is 22.5. The van der Waals surface area contributed by atoms with E-state index >= 15 is 0 Å². The van der Waals surface area contributed by atoms with Crippen LogP contribution in [0.2, 0.25) is 0 Å². The highest BCUT2D eigenvalue weighted by Gasteiger charge is 2.22. The Morgan fingerprint density at radius 1 is 1.50 bits per heavy atom. The molecule has 1 aromatic heterocycles. The standard InChI is InChI=1S/C10H20N6/c1-3-4-9-7-11-5-6-16(9)8-10-12-14-15(2)13-10/h9,11H,3-8H2,1-2H3. The van der Waals surface area contributed by atoms with Gasteiger partial charge in [-0.25, -0.2) is 0 Å². The van der Waals surface area contributed by atoms with Gasteiger partial charge in [-0.05, 0) is 11.6 Å². The number of nitrogens with zero attached hydrogens (tertiary/aromatic N) is 5. The first kappa shape index (κ1) is 11.5. The predicted molar refractivity (Wildman–Crippen MR) is 60.8 cm³/mol. The third kappa shape index (κ3) is 2.76. The van der Waals surface area contributed by atoms with Crippen molar-refractivity contribution >= 4 is 0 Å². The zero-order valence-corrected chi connectivity index (χ0v) is 10.1. The Balaban J connectivity index is 1.95. The molecule has 6 heteroatoms. The van der Waals surface area contributed by atoms with Crippen LogP contribution in [0.15, 0.2) is 0 Å². The van der Waals surface area contributed by atoms with Crippen molar-refractivity contribution in [2.24, 2.45) is 7.05 Å². The van der Waals surface area contributed by atoms with E-state index in [0.717, 1.165) is 32.0 Å². The molecule has 1 atom stereocenters. The molecule has 16 heavy (non-hydrogen) atoms. The van der Waals surface area contributed by atoms with Crippen LogP contribution in [-0.2, 0) is 13.6 Å². The molecule has 0 aromatic carbocycles. The summed E-state index contributed by atoms with van der Waals surface area (Å²) in [7, 11) is 1.80.